The predicted molar refractivity (Wildman–Crippen MR) is 165 cm³/mol. The number of amides is 3. The molecule has 232 valence electrons. The topological polar surface area (TPSA) is 139 Å². The molecule has 1 aromatic heterocycles. The van der Waals surface area contributed by atoms with E-state index in [9.17, 15) is 19.5 Å². The summed E-state index contributed by atoms with van der Waals surface area (Å²) in [6.07, 6.45) is 0.746. The number of aliphatic hydroxyl groups excluding tert-OH is 1. The van der Waals surface area contributed by atoms with Gasteiger partial charge < -0.3 is 25.4 Å². The lowest BCUT2D eigenvalue weighted by Crippen LogP contribution is -2.58. The largest absolute Gasteiger partial charge is 0.394 e. The number of nitrogens with zero attached hydrogens (tertiary/aromatic N) is 4. The van der Waals surface area contributed by atoms with Crippen LogP contribution >= 0.6 is 0 Å². The van der Waals surface area contributed by atoms with E-state index in [4.69, 9.17) is 4.74 Å². The third-order valence-corrected chi connectivity index (χ3v) is 10.1. The number of rotatable bonds is 9. The minimum absolute atomic E-state index is 0.0197. The lowest BCUT2D eigenvalue weighted by atomic mass is 9.62. The van der Waals surface area contributed by atoms with Crippen LogP contribution in [0.2, 0.25) is 0 Å². The van der Waals surface area contributed by atoms with Crippen molar-refractivity contribution >= 4 is 34.4 Å². The molecule has 45 heavy (non-hydrogen) atoms. The number of hydrogen-bond donors (Lipinski definition) is 3. The van der Waals surface area contributed by atoms with Gasteiger partial charge in [0.15, 0.2) is 0 Å². The molecule has 3 unspecified atom stereocenters. The number of fused-ring (bicyclic) bond motifs is 2. The lowest BCUT2D eigenvalue weighted by molar-refractivity contribution is -0.150. The number of aliphatic hydroxyl groups is 1. The second-order valence-corrected chi connectivity index (χ2v) is 12.6. The first kappa shape index (κ1) is 29.1. The molecule has 3 amide bonds. The molecule has 11 nitrogen and oxygen atoms in total. The normalized spacial score (nSPS) is 29.1. The van der Waals surface area contributed by atoms with Gasteiger partial charge in [0.25, 0.3) is 0 Å². The van der Waals surface area contributed by atoms with Crippen LogP contribution in [0.4, 0.5) is 5.69 Å². The average molecular weight is 609 g/mol. The van der Waals surface area contributed by atoms with Gasteiger partial charge >= 0.3 is 0 Å². The van der Waals surface area contributed by atoms with Crippen LogP contribution in [-0.4, -0.2) is 72.6 Å². The monoisotopic (exact) mass is 608 g/mol. The van der Waals surface area contributed by atoms with Gasteiger partial charge in [-0.2, -0.15) is 0 Å². The molecule has 3 saturated heterocycles. The predicted octanol–water partition coefficient (Wildman–Crippen LogP) is 2.76. The standard InChI is InChI=1S/C34H36N6O5/c1-21-18-34-28(27(33(21,2)45-34)30(42)36-23-13-7-4-8-14-23)32(44)40(24(19-41)17-22-11-5-3-6-12-22)29(34)31(43)35-20-39-26-16-10-9-15-25(26)37-38-39/h3-16,21,24,27-29,41H,17-20H2,1-2H3,(H,35,43)(H,36,42)/t21?,24-,27+,28+,29?,33-,34?/m1/s1. The average Bonchev–Trinajstić information content (AvgIpc) is 3.73. The first-order chi connectivity index (χ1) is 21.8. The third-order valence-electron chi connectivity index (χ3n) is 10.1. The summed E-state index contributed by atoms with van der Waals surface area (Å²) in [6, 6.07) is 24.3. The molecular weight excluding hydrogens is 572 g/mol. The van der Waals surface area contributed by atoms with Gasteiger partial charge in [-0.25, -0.2) is 4.68 Å². The molecule has 4 aromatic rings. The van der Waals surface area contributed by atoms with E-state index in [-0.39, 0.29) is 31.0 Å². The van der Waals surface area contributed by atoms with Crippen molar-refractivity contribution in [3.8, 4) is 0 Å². The Labute approximate surface area is 260 Å². The van der Waals surface area contributed by atoms with Gasteiger partial charge in [0.05, 0.1) is 35.6 Å². The second-order valence-electron chi connectivity index (χ2n) is 12.6. The first-order valence-electron chi connectivity index (χ1n) is 15.4. The van der Waals surface area contributed by atoms with E-state index < -0.39 is 41.0 Å². The van der Waals surface area contributed by atoms with Gasteiger partial charge in [-0.1, -0.05) is 72.8 Å². The molecule has 3 aliphatic heterocycles. The van der Waals surface area contributed by atoms with Crippen LogP contribution in [0.5, 0.6) is 0 Å². The van der Waals surface area contributed by atoms with Gasteiger partial charge in [0.1, 0.15) is 23.8 Å². The van der Waals surface area contributed by atoms with E-state index in [1.807, 2.05) is 86.6 Å². The number of benzene rings is 3. The molecule has 1 spiro atoms. The summed E-state index contributed by atoms with van der Waals surface area (Å²) in [7, 11) is 0. The van der Waals surface area contributed by atoms with Crippen LogP contribution in [-0.2, 0) is 32.2 Å². The van der Waals surface area contributed by atoms with E-state index in [1.165, 1.54) is 4.90 Å². The maximum absolute atomic E-state index is 14.6. The van der Waals surface area contributed by atoms with Crippen molar-refractivity contribution in [2.75, 3.05) is 11.9 Å². The zero-order chi connectivity index (χ0) is 31.3. The third kappa shape index (κ3) is 4.60. The number of nitrogens with one attached hydrogen (secondary N) is 2. The van der Waals surface area contributed by atoms with Crippen LogP contribution in [0.25, 0.3) is 11.0 Å². The van der Waals surface area contributed by atoms with Crippen LogP contribution in [0.1, 0.15) is 25.8 Å². The van der Waals surface area contributed by atoms with Crippen molar-refractivity contribution in [3.63, 3.8) is 0 Å². The van der Waals surface area contributed by atoms with Gasteiger partial charge in [-0.05, 0) is 55.5 Å². The molecule has 0 saturated carbocycles. The Morgan fingerprint density at radius 1 is 1.02 bits per heavy atom. The van der Waals surface area contributed by atoms with Crippen LogP contribution < -0.4 is 10.6 Å². The van der Waals surface area contributed by atoms with Gasteiger partial charge in [0.2, 0.25) is 17.7 Å². The van der Waals surface area contributed by atoms with E-state index in [1.54, 1.807) is 16.8 Å². The van der Waals surface area contributed by atoms with Crippen LogP contribution in [0.3, 0.4) is 0 Å². The molecule has 0 aliphatic carbocycles. The molecule has 2 bridgehead atoms. The number of anilines is 1. The van der Waals surface area contributed by atoms with Crippen molar-refractivity contribution in [1.82, 2.24) is 25.2 Å². The Bertz CT molecular complexity index is 1750. The molecule has 7 rings (SSSR count). The van der Waals surface area contributed by atoms with Gasteiger partial charge in [-0.15, -0.1) is 5.10 Å². The smallest absolute Gasteiger partial charge is 0.247 e. The Balaban J connectivity index is 1.26. The summed E-state index contributed by atoms with van der Waals surface area (Å²) in [5, 5.41) is 25.0. The Morgan fingerprint density at radius 3 is 2.44 bits per heavy atom. The van der Waals surface area contributed by atoms with Crippen molar-refractivity contribution in [3.05, 3.63) is 90.5 Å². The summed E-state index contributed by atoms with van der Waals surface area (Å²) < 4.78 is 8.43. The highest BCUT2D eigenvalue weighted by molar-refractivity contribution is 6.02. The molecular formula is C34H36N6O5. The number of aromatic nitrogens is 3. The number of carbonyl (C=O) groups excluding carboxylic acids is 3. The van der Waals surface area contributed by atoms with E-state index >= 15 is 0 Å². The maximum Gasteiger partial charge on any atom is 0.247 e. The maximum atomic E-state index is 14.6. The number of likely N-dealkylation sites (tertiary alicyclic amines) is 1. The number of carbonyl (C=O) groups is 3. The molecule has 3 aromatic carbocycles. The van der Waals surface area contributed by atoms with E-state index in [0.29, 0.717) is 24.0 Å². The Hall–Kier alpha value is -4.61. The summed E-state index contributed by atoms with van der Waals surface area (Å²) in [4.78, 5) is 44.6. The van der Waals surface area contributed by atoms with E-state index in [2.05, 4.69) is 20.9 Å². The fourth-order valence-corrected chi connectivity index (χ4v) is 7.93. The molecule has 7 atom stereocenters. The first-order valence-corrected chi connectivity index (χ1v) is 15.4. The zero-order valence-electron chi connectivity index (χ0n) is 25.2. The van der Waals surface area contributed by atoms with Crippen molar-refractivity contribution in [1.29, 1.82) is 0 Å². The van der Waals surface area contributed by atoms with Crippen molar-refractivity contribution < 1.29 is 24.2 Å². The lowest BCUT2D eigenvalue weighted by Gasteiger charge is -2.37. The number of para-hydroxylation sites is 2. The minimum atomic E-state index is -1.26. The molecule has 0 radical (unpaired) electrons. The molecule has 11 heteroatoms. The molecule has 3 N–H and O–H groups in total. The highest BCUT2D eigenvalue weighted by atomic mass is 16.5. The fourth-order valence-electron chi connectivity index (χ4n) is 7.93. The Morgan fingerprint density at radius 2 is 1.71 bits per heavy atom. The second kappa shape index (κ2) is 11.1. The number of ether oxygens (including phenoxy) is 1. The Kier molecular flexibility index (Phi) is 7.17. The summed E-state index contributed by atoms with van der Waals surface area (Å²) >= 11 is 0. The van der Waals surface area contributed by atoms with Crippen molar-refractivity contribution in [2.45, 2.75) is 56.6 Å². The summed E-state index contributed by atoms with van der Waals surface area (Å²) in [6.45, 7) is 3.53. The van der Waals surface area contributed by atoms with Crippen LogP contribution in [0, 0.1) is 17.8 Å². The minimum Gasteiger partial charge on any atom is -0.394 e. The fraction of sp³-hybridized carbons (Fsp3) is 0.382. The zero-order valence-corrected chi connectivity index (χ0v) is 25.2. The SMILES string of the molecule is CC1CC23O[C@@]1(C)[C@H](C(=O)Nc1ccccc1)[C@H]2C(=O)N([C@@H](CO)Cc1ccccc1)C3C(=O)NCn1nnc2ccccc21. The highest BCUT2D eigenvalue weighted by Gasteiger charge is 2.80. The van der Waals surface area contributed by atoms with Crippen molar-refractivity contribution in [2.24, 2.45) is 17.8 Å². The molecule has 3 fully saturated rings. The quantitative estimate of drug-likeness (QED) is 0.266. The van der Waals surface area contributed by atoms with E-state index in [0.717, 1.165) is 11.1 Å². The summed E-state index contributed by atoms with van der Waals surface area (Å²) in [5.74, 6) is -2.99. The number of hydrogen-bond acceptors (Lipinski definition) is 7. The van der Waals surface area contributed by atoms with Crippen LogP contribution in [0.15, 0.2) is 84.9 Å². The van der Waals surface area contributed by atoms with Gasteiger partial charge in [0, 0.05) is 5.69 Å². The van der Waals surface area contributed by atoms with Gasteiger partial charge in [-0.3, -0.25) is 14.4 Å². The highest BCUT2D eigenvalue weighted by Crippen LogP contribution is 2.65. The molecule has 3 aliphatic rings. The summed E-state index contributed by atoms with van der Waals surface area (Å²) in [5.41, 5.74) is 0.740. The molecule has 4 heterocycles.